The van der Waals surface area contributed by atoms with Gasteiger partial charge in [0.05, 0.1) is 0 Å². The fraction of sp³-hybridized carbons (Fsp3) is 0.167. The Labute approximate surface area is 141 Å². The second-order valence-corrected chi connectivity index (χ2v) is 5.36. The smallest absolute Gasteiger partial charge is 0.321 e. The van der Waals surface area contributed by atoms with E-state index in [0.29, 0.717) is 12.2 Å². The van der Waals surface area contributed by atoms with Crippen molar-refractivity contribution in [3.8, 4) is 0 Å². The van der Waals surface area contributed by atoms with Gasteiger partial charge in [0, 0.05) is 44.8 Å². The van der Waals surface area contributed by atoms with Gasteiger partial charge in [-0.25, -0.2) is 4.79 Å². The Morgan fingerprint density at radius 2 is 2.04 bits per heavy atom. The fourth-order valence-corrected chi connectivity index (χ4v) is 1.89. The quantitative estimate of drug-likeness (QED) is 0.830. The van der Waals surface area contributed by atoms with Crippen molar-refractivity contribution in [1.29, 1.82) is 0 Å². The molecule has 3 amide bonds. The molecule has 1 heterocycles. The summed E-state index contributed by atoms with van der Waals surface area (Å²) in [4.78, 5) is 28.9. The Kier molecular flexibility index (Phi) is 6.08. The van der Waals surface area contributed by atoms with Crippen molar-refractivity contribution in [1.82, 2.24) is 15.2 Å². The number of pyridine rings is 1. The van der Waals surface area contributed by atoms with Crippen LogP contribution in [0.4, 0.5) is 10.5 Å². The summed E-state index contributed by atoms with van der Waals surface area (Å²) in [5, 5.41) is 5.57. The number of urea groups is 1. The van der Waals surface area contributed by atoms with Crippen LogP contribution in [0.2, 0.25) is 0 Å². The van der Waals surface area contributed by atoms with Gasteiger partial charge in [0.25, 0.3) is 0 Å². The van der Waals surface area contributed by atoms with Crippen molar-refractivity contribution in [3.05, 3.63) is 66.0 Å². The number of anilines is 1. The van der Waals surface area contributed by atoms with E-state index in [1.807, 2.05) is 30.3 Å². The molecule has 2 N–H and O–H groups in total. The Balaban J connectivity index is 1.88. The van der Waals surface area contributed by atoms with E-state index in [1.165, 1.54) is 11.0 Å². The van der Waals surface area contributed by atoms with E-state index in [1.54, 1.807) is 38.6 Å². The number of nitrogens with one attached hydrogen (secondary N) is 2. The lowest BCUT2D eigenvalue weighted by atomic mass is 10.2. The first kappa shape index (κ1) is 17.2. The number of hydrogen-bond acceptors (Lipinski definition) is 3. The fourth-order valence-electron chi connectivity index (χ4n) is 1.89. The molecule has 0 atom stereocenters. The van der Waals surface area contributed by atoms with Gasteiger partial charge < -0.3 is 15.5 Å². The van der Waals surface area contributed by atoms with E-state index in [9.17, 15) is 9.59 Å². The summed E-state index contributed by atoms with van der Waals surface area (Å²) < 4.78 is 0. The first-order valence-corrected chi connectivity index (χ1v) is 7.48. The van der Waals surface area contributed by atoms with Crippen LogP contribution in [0, 0.1) is 0 Å². The number of carbonyl (C=O) groups is 2. The number of nitrogens with zero attached hydrogens (tertiary/aromatic N) is 2. The molecule has 6 nitrogen and oxygen atoms in total. The molecule has 0 saturated carbocycles. The van der Waals surface area contributed by atoms with Crippen LogP contribution in [-0.2, 0) is 11.3 Å². The van der Waals surface area contributed by atoms with Crippen molar-refractivity contribution in [2.75, 3.05) is 19.4 Å². The Bertz CT molecular complexity index is 727. The average Bonchev–Trinajstić information content (AvgIpc) is 2.59. The molecule has 0 saturated heterocycles. The molecule has 1 aromatic heterocycles. The number of rotatable bonds is 5. The summed E-state index contributed by atoms with van der Waals surface area (Å²) >= 11 is 0. The standard InChI is InChI=1S/C18H20N4O2/c1-22(2)18(24)21-16-7-3-5-15(11-16)13-20-17(23)9-8-14-6-4-10-19-12-14/h3-12H,13H2,1-2H3,(H,20,23)(H,21,24). The number of hydrogen-bond donors (Lipinski definition) is 2. The van der Waals surface area contributed by atoms with Gasteiger partial charge in [-0.3, -0.25) is 9.78 Å². The molecular formula is C18H20N4O2. The summed E-state index contributed by atoms with van der Waals surface area (Å²) in [5.41, 5.74) is 2.45. The molecule has 2 rings (SSSR count). The highest BCUT2D eigenvalue weighted by Gasteiger charge is 2.04. The molecule has 0 unspecified atom stereocenters. The van der Waals surface area contributed by atoms with Crippen LogP contribution >= 0.6 is 0 Å². The van der Waals surface area contributed by atoms with Crippen molar-refractivity contribution in [3.63, 3.8) is 0 Å². The number of amides is 3. The van der Waals surface area contributed by atoms with Crippen molar-refractivity contribution in [2.24, 2.45) is 0 Å². The van der Waals surface area contributed by atoms with Crippen LogP contribution in [0.3, 0.4) is 0 Å². The maximum Gasteiger partial charge on any atom is 0.321 e. The molecule has 0 fully saturated rings. The third-order valence-electron chi connectivity index (χ3n) is 3.16. The topological polar surface area (TPSA) is 74.3 Å². The third kappa shape index (κ3) is 5.57. The lowest BCUT2D eigenvalue weighted by Crippen LogP contribution is -2.27. The Morgan fingerprint density at radius 3 is 2.75 bits per heavy atom. The first-order valence-electron chi connectivity index (χ1n) is 7.48. The average molecular weight is 324 g/mol. The minimum absolute atomic E-state index is 0.193. The first-order chi connectivity index (χ1) is 11.5. The second kappa shape index (κ2) is 8.47. The molecule has 124 valence electrons. The lowest BCUT2D eigenvalue weighted by molar-refractivity contribution is -0.116. The maximum absolute atomic E-state index is 11.8. The maximum atomic E-state index is 11.8. The van der Waals surface area contributed by atoms with E-state index >= 15 is 0 Å². The zero-order valence-electron chi connectivity index (χ0n) is 13.7. The van der Waals surface area contributed by atoms with E-state index in [0.717, 1.165) is 11.1 Å². The van der Waals surface area contributed by atoms with Crippen molar-refractivity contribution in [2.45, 2.75) is 6.54 Å². The monoisotopic (exact) mass is 324 g/mol. The highest BCUT2D eigenvalue weighted by atomic mass is 16.2. The zero-order chi connectivity index (χ0) is 17.4. The summed E-state index contributed by atoms with van der Waals surface area (Å²) in [6.07, 6.45) is 6.53. The van der Waals surface area contributed by atoms with Crippen LogP contribution in [0.25, 0.3) is 6.08 Å². The zero-order valence-corrected chi connectivity index (χ0v) is 13.7. The van der Waals surface area contributed by atoms with Crippen LogP contribution in [-0.4, -0.2) is 35.9 Å². The number of carbonyl (C=O) groups excluding carboxylic acids is 2. The molecule has 6 heteroatoms. The van der Waals surface area contributed by atoms with Gasteiger partial charge in [-0.1, -0.05) is 18.2 Å². The largest absolute Gasteiger partial charge is 0.348 e. The molecule has 0 aliphatic rings. The molecule has 0 aliphatic heterocycles. The molecule has 0 bridgehead atoms. The third-order valence-corrected chi connectivity index (χ3v) is 3.16. The van der Waals surface area contributed by atoms with Crippen LogP contribution < -0.4 is 10.6 Å². The number of aromatic nitrogens is 1. The summed E-state index contributed by atoms with van der Waals surface area (Å²) in [6.45, 7) is 0.377. The molecule has 0 aliphatic carbocycles. The van der Waals surface area contributed by atoms with Crippen molar-refractivity contribution < 1.29 is 9.59 Å². The van der Waals surface area contributed by atoms with Gasteiger partial charge in [0.2, 0.25) is 5.91 Å². The van der Waals surface area contributed by atoms with E-state index in [4.69, 9.17) is 0 Å². The van der Waals surface area contributed by atoms with Crippen LogP contribution in [0.1, 0.15) is 11.1 Å². The molecular weight excluding hydrogens is 304 g/mol. The minimum Gasteiger partial charge on any atom is -0.348 e. The molecule has 2 aromatic rings. The van der Waals surface area contributed by atoms with E-state index in [2.05, 4.69) is 15.6 Å². The second-order valence-electron chi connectivity index (χ2n) is 5.36. The molecule has 1 aromatic carbocycles. The minimum atomic E-state index is -0.199. The van der Waals surface area contributed by atoms with Crippen molar-refractivity contribution >= 4 is 23.7 Å². The van der Waals surface area contributed by atoms with Gasteiger partial charge >= 0.3 is 6.03 Å². The highest BCUT2D eigenvalue weighted by Crippen LogP contribution is 2.11. The van der Waals surface area contributed by atoms with Crippen LogP contribution in [0.15, 0.2) is 54.9 Å². The lowest BCUT2D eigenvalue weighted by Gasteiger charge is -2.12. The predicted molar refractivity (Wildman–Crippen MR) is 94.3 cm³/mol. The highest BCUT2D eigenvalue weighted by molar-refractivity contribution is 5.91. The van der Waals surface area contributed by atoms with Gasteiger partial charge in [0.1, 0.15) is 0 Å². The Hall–Kier alpha value is -3.15. The van der Waals surface area contributed by atoms with E-state index in [-0.39, 0.29) is 11.9 Å². The molecule has 0 spiro atoms. The Morgan fingerprint density at radius 1 is 1.21 bits per heavy atom. The number of benzene rings is 1. The SMILES string of the molecule is CN(C)C(=O)Nc1cccc(CNC(=O)C=Cc2cccnc2)c1. The molecule has 0 radical (unpaired) electrons. The van der Waals surface area contributed by atoms with Gasteiger partial charge in [-0.2, -0.15) is 0 Å². The summed E-state index contributed by atoms with van der Waals surface area (Å²) in [5.74, 6) is -0.193. The van der Waals surface area contributed by atoms with Gasteiger partial charge in [0.15, 0.2) is 0 Å². The summed E-state index contributed by atoms with van der Waals surface area (Å²) in [6, 6.07) is 10.8. The van der Waals surface area contributed by atoms with Gasteiger partial charge in [-0.05, 0) is 35.4 Å². The summed E-state index contributed by atoms with van der Waals surface area (Å²) in [7, 11) is 3.35. The normalized spacial score (nSPS) is 10.4. The predicted octanol–water partition coefficient (Wildman–Crippen LogP) is 2.50. The van der Waals surface area contributed by atoms with Gasteiger partial charge in [-0.15, -0.1) is 0 Å². The van der Waals surface area contributed by atoms with Crippen LogP contribution in [0.5, 0.6) is 0 Å². The van der Waals surface area contributed by atoms with E-state index < -0.39 is 0 Å². The molecule has 24 heavy (non-hydrogen) atoms.